The highest BCUT2D eigenvalue weighted by Gasteiger charge is 2.03. The normalized spacial score (nSPS) is 10.9. The summed E-state index contributed by atoms with van der Waals surface area (Å²) in [5, 5.41) is 4.41. The van der Waals surface area contributed by atoms with Gasteiger partial charge in [0.05, 0.1) is 17.6 Å². The molecule has 0 spiro atoms. The van der Waals surface area contributed by atoms with Crippen LogP contribution in [-0.2, 0) is 13.2 Å². The van der Waals surface area contributed by atoms with Crippen LogP contribution in [0.3, 0.4) is 0 Å². The standard InChI is InChI=1S/C13H18N4O/c1-10(2)17-6-5-12(16-17)9-18-13-4-3-11(7-14)15-8-13/h3-6,8,10H,7,9,14H2,1-2H3. The number of pyridine rings is 1. The van der Waals surface area contributed by atoms with Crippen molar-refractivity contribution in [1.82, 2.24) is 14.8 Å². The minimum atomic E-state index is 0.365. The summed E-state index contributed by atoms with van der Waals surface area (Å²) >= 11 is 0. The van der Waals surface area contributed by atoms with Crippen molar-refractivity contribution in [2.24, 2.45) is 5.73 Å². The molecule has 0 radical (unpaired) electrons. The first-order valence-corrected chi connectivity index (χ1v) is 6.01. The summed E-state index contributed by atoms with van der Waals surface area (Å²) in [6.07, 6.45) is 3.64. The zero-order chi connectivity index (χ0) is 13.0. The molecule has 0 bridgehead atoms. The number of nitrogens with two attached hydrogens (primary N) is 1. The van der Waals surface area contributed by atoms with Gasteiger partial charge in [0.1, 0.15) is 12.4 Å². The van der Waals surface area contributed by atoms with Gasteiger partial charge in [0.25, 0.3) is 0 Å². The van der Waals surface area contributed by atoms with Gasteiger partial charge in [0.2, 0.25) is 0 Å². The lowest BCUT2D eigenvalue weighted by Crippen LogP contribution is -2.04. The van der Waals surface area contributed by atoms with Crippen LogP contribution in [0.4, 0.5) is 0 Å². The molecule has 2 aromatic rings. The lowest BCUT2D eigenvalue weighted by atomic mass is 10.3. The summed E-state index contributed by atoms with van der Waals surface area (Å²) in [5.74, 6) is 0.728. The summed E-state index contributed by atoms with van der Waals surface area (Å²) in [4.78, 5) is 4.17. The summed E-state index contributed by atoms with van der Waals surface area (Å²) in [5.41, 5.74) is 7.24. The Kier molecular flexibility index (Phi) is 3.94. The van der Waals surface area contributed by atoms with Crippen LogP contribution in [-0.4, -0.2) is 14.8 Å². The highest BCUT2D eigenvalue weighted by molar-refractivity contribution is 5.20. The van der Waals surface area contributed by atoms with Gasteiger partial charge in [-0.1, -0.05) is 0 Å². The van der Waals surface area contributed by atoms with Crippen LogP contribution in [0.5, 0.6) is 5.75 Å². The number of nitrogens with zero attached hydrogens (tertiary/aromatic N) is 3. The van der Waals surface area contributed by atoms with E-state index in [9.17, 15) is 0 Å². The van der Waals surface area contributed by atoms with E-state index in [0.29, 0.717) is 19.2 Å². The molecule has 2 N–H and O–H groups in total. The SMILES string of the molecule is CC(C)n1ccc(COc2ccc(CN)nc2)n1. The molecular formula is C13H18N4O. The van der Waals surface area contributed by atoms with E-state index < -0.39 is 0 Å². The summed E-state index contributed by atoms with van der Waals surface area (Å²) in [6.45, 7) is 5.07. The van der Waals surface area contributed by atoms with Gasteiger partial charge in [-0.25, -0.2) is 0 Å². The number of ether oxygens (including phenoxy) is 1. The first-order chi connectivity index (χ1) is 8.69. The van der Waals surface area contributed by atoms with Crippen molar-refractivity contribution < 1.29 is 4.74 Å². The third-order valence-electron chi connectivity index (χ3n) is 2.59. The Hall–Kier alpha value is -1.88. The fourth-order valence-electron chi connectivity index (χ4n) is 1.52. The zero-order valence-corrected chi connectivity index (χ0v) is 10.7. The molecule has 0 saturated carbocycles. The maximum absolute atomic E-state index is 5.61. The van der Waals surface area contributed by atoms with Gasteiger partial charge in [-0.05, 0) is 32.0 Å². The lowest BCUT2D eigenvalue weighted by Gasteiger charge is -2.05. The van der Waals surface area contributed by atoms with Crippen molar-refractivity contribution in [2.75, 3.05) is 0 Å². The molecule has 0 fully saturated rings. The third-order valence-corrected chi connectivity index (χ3v) is 2.59. The van der Waals surface area contributed by atoms with Crippen LogP contribution >= 0.6 is 0 Å². The lowest BCUT2D eigenvalue weighted by molar-refractivity contribution is 0.297. The average molecular weight is 246 g/mol. The first-order valence-electron chi connectivity index (χ1n) is 6.01. The van der Waals surface area contributed by atoms with Crippen molar-refractivity contribution in [3.8, 4) is 5.75 Å². The van der Waals surface area contributed by atoms with Crippen LogP contribution in [0, 0.1) is 0 Å². The molecule has 5 heteroatoms. The van der Waals surface area contributed by atoms with Crippen molar-refractivity contribution in [3.05, 3.63) is 42.0 Å². The molecule has 18 heavy (non-hydrogen) atoms. The number of hydrogen-bond donors (Lipinski definition) is 1. The maximum Gasteiger partial charge on any atom is 0.138 e. The second kappa shape index (κ2) is 5.64. The van der Waals surface area contributed by atoms with Gasteiger partial charge in [0, 0.05) is 18.8 Å². The molecule has 96 valence electrons. The van der Waals surface area contributed by atoms with Crippen LogP contribution in [0.15, 0.2) is 30.6 Å². The smallest absolute Gasteiger partial charge is 0.138 e. The van der Waals surface area contributed by atoms with Crippen LogP contribution in [0.25, 0.3) is 0 Å². The zero-order valence-electron chi connectivity index (χ0n) is 10.7. The molecule has 0 aliphatic rings. The monoisotopic (exact) mass is 246 g/mol. The second-order valence-electron chi connectivity index (χ2n) is 4.36. The van der Waals surface area contributed by atoms with Gasteiger partial charge in [0.15, 0.2) is 0 Å². The predicted octanol–water partition coefficient (Wildman–Crippen LogP) is 1.90. The average Bonchev–Trinajstić information content (AvgIpc) is 2.86. The number of hydrogen-bond acceptors (Lipinski definition) is 4. The molecule has 0 atom stereocenters. The molecule has 2 heterocycles. The van der Waals surface area contributed by atoms with E-state index in [1.165, 1.54) is 0 Å². The molecule has 2 aromatic heterocycles. The first kappa shape index (κ1) is 12.6. The molecule has 0 amide bonds. The molecule has 0 aliphatic carbocycles. The fourth-order valence-corrected chi connectivity index (χ4v) is 1.52. The van der Waals surface area contributed by atoms with E-state index in [1.54, 1.807) is 6.20 Å². The Bertz CT molecular complexity index is 490. The minimum Gasteiger partial charge on any atom is -0.486 e. The molecule has 5 nitrogen and oxygen atoms in total. The number of aromatic nitrogens is 3. The molecule has 0 unspecified atom stereocenters. The Morgan fingerprint density at radius 1 is 1.28 bits per heavy atom. The van der Waals surface area contributed by atoms with Crippen LogP contribution in [0.1, 0.15) is 31.3 Å². The minimum absolute atomic E-state index is 0.365. The van der Waals surface area contributed by atoms with Gasteiger partial charge >= 0.3 is 0 Å². The Morgan fingerprint density at radius 3 is 2.67 bits per heavy atom. The molecule has 0 saturated heterocycles. The maximum atomic E-state index is 5.61. The molecule has 0 aromatic carbocycles. The van der Waals surface area contributed by atoms with E-state index >= 15 is 0 Å². The largest absolute Gasteiger partial charge is 0.486 e. The predicted molar refractivity (Wildman–Crippen MR) is 69.1 cm³/mol. The van der Waals surface area contributed by atoms with Crippen molar-refractivity contribution in [2.45, 2.75) is 33.0 Å². The highest BCUT2D eigenvalue weighted by Crippen LogP contribution is 2.12. The van der Waals surface area contributed by atoms with Gasteiger partial charge in [-0.2, -0.15) is 5.10 Å². The van der Waals surface area contributed by atoms with E-state index in [2.05, 4.69) is 23.9 Å². The van der Waals surface area contributed by atoms with Gasteiger partial charge < -0.3 is 10.5 Å². The van der Waals surface area contributed by atoms with E-state index in [4.69, 9.17) is 10.5 Å². The van der Waals surface area contributed by atoms with Crippen molar-refractivity contribution in [3.63, 3.8) is 0 Å². The van der Waals surface area contributed by atoms with E-state index in [0.717, 1.165) is 17.1 Å². The molecule has 0 aliphatic heterocycles. The van der Waals surface area contributed by atoms with Crippen LogP contribution < -0.4 is 10.5 Å². The number of rotatable bonds is 5. The topological polar surface area (TPSA) is 66.0 Å². The van der Waals surface area contributed by atoms with E-state index in [1.807, 2.05) is 29.1 Å². The summed E-state index contributed by atoms with van der Waals surface area (Å²) in [6, 6.07) is 6.06. The van der Waals surface area contributed by atoms with Crippen LogP contribution in [0.2, 0.25) is 0 Å². The van der Waals surface area contributed by atoms with Crippen molar-refractivity contribution in [1.29, 1.82) is 0 Å². The third kappa shape index (κ3) is 3.07. The second-order valence-corrected chi connectivity index (χ2v) is 4.36. The quantitative estimate of drug-likeness (QED) is 0.875. The Labute approximate surface area is 107 Å². The fraction of sp³-hybridized carbons (Fsp3) is 0.385. The van der Waals surface area contributed by atoms with Gasteiger partial charge in [-0.15, -0.1) is 0 Å². The molecule has 2 rings (SSSR count). The Balaban J connectivity index is 1.93. The van der Waals surface area contributed by atoms with E-state index in [-0.39, 0.29) is 0 Å². The van der Waals surface area contributed by atoms with Gasteiger partial charge in [-0.3, -0.25) is 9.67 Å². The Morgan fingerprint density at radius 2 is 2.11 bits per heavy atom. The van der Waals surface area contributed by atoms with Crippen molar-refractivity contribution >= 4 is 0 Å². The highest BCUT2D eigenvalue weighted by atomic mass is 16.5. The molecular weight excluding hydrogens is 228 g/mol. The summed E-state index contributed by atoms with van der Waals surface area (Å²) in [7, 11) is 0. The summed E-state index contributed by atoms with van der Waals surface area (Å²) < 4.78 is 7.52.